The zero-order valence-corrected chi connectivity index (χ0v) is 11.9. The van der Waals surface area contributed by atoms with Gasteiger partial charge in [-0.1, -0.05) is 6.07 Å². The van der Waals surface area contributed by atoms with Gasteiger partial charge in [-0.15, -0.1) is 0 Å². The molecule has 0 aliphatic heterocycles. The number of hydrogen-bond acceptors (Lipinski definition) is 4. The first-order chi connectivity index (χ1) is 9.06. The summed E-state index contributed by atoms with van der Waals surface area (Å²) in [7, 11) is 2.09. The zero-order valence-electron chi connectivity index (χ0n) is 11.9. The third-order valence-corrected chi connectivity index (χ3v) is 3.08. The summed E-state index contributed by atoms with van der Waals surface area (Å²) in [5.41, 5.74) is 3.12. The van der Waals surface area contributed by atoms with Crippen LogP contribution < -0.4 is 10.2 Å². The summed E-state index contributed by atoms with van der Waals surface area (Å²) in [6, 6.07) is 10.6. The summed E-state index contributed by atoms with van der Waals surface area (Å²) >= 11 is 0. The molecule has 0 saturated heterocycles. The van der Waals surface area contributed by atoms with E-state index in [1.165, 1.54) is 5.69 Å². The fourth-order valence-electron chi connectivity index (χ4n) is 1.74. The average molecular weight is 256 g/mol. The highest BCUT2D eigenvalue weighted by Gasteiger charge is 2.06. The number of nitrogens with one attached hydrogen (secondary N) is 1. The summed E-state index contributed by atoms with van der Waals surface area (Å²) in [6.45, 7) is 6.30. The van der Waals surface area contributed by atoms with Crippen molar-refractivity contribution in [1.29, 1.82) is 0 Å². The lowest BCUT2D eigenvalue weighted by atomic mass is 10.2. The minimum atomic E-state index is 0.463. The summed E-state index contributed by atoms with van der Waals surface area (Å²) in [4.78, 5) is 10.8. The van der Waals surface area contributed by atoms with Crippen LogP contribution in [0.3, 0.4) is 0 Å². The number of hydrogen-bond donors (Lipinski definition) is 1. The van der Waals surface area contributed by atoms with Crippen LogP contribution in [-0.4, -0.2) is 23.1 Å². The van der Waals surface area contributed by atoms with Crippen molar-refractivity contribution in [2.45, 2.75) is 26.8 Å². The van der Waals surface area contributed by atoms with E-state index in [-0.39, 0.29) is 0 Å². The number of nitrogens with zero attached hydrogens (tertiary/aromatic N) is 3. The van der Waals surface area contributed by atoms with Gasteiger partial charge < -0.3 is 10.2 Å². The van der Waals surface area contributed by atoms with Crippen molar-refractivity contribution >= 4 is 17.3 Å². The normalized spacial score (nSPS) is 10.6. The number of anilines is 3. The van der Waals surface area contributed by atoms with Crippen LogP contribution in [0.15, 0.2) is 36.5 Å². The van der Waals surface area contributed by atoms with Crippen molar-refractivity contribution in [3.8, 4) is 0 Å². The molecule has 2 aromatic rings. The Bertz CT molecular complexity index is 551. The monoisotopic (exact) mass is 256 g/mol. The van der Waals surface area contributed by atoms with Crippen molar-refractivity contribution < 1.29 is 0 Å². The highest BCUT2D eigenvalue weighted by Crippen LogP contribution is 2.21. The molecule has 0 spiro atoms. The number of aryl methyl sites for hydroxylation is 1. The van der Waals surface area contributed by atoms with Crippen molar-refractivity contribution in [3.05, 3.63) is 42.2 Å². The maximum atomic E-state index is 4.34. The van der Waals surface area contributed by atoms with Crippen molar-refractivity contribution in [2.75, 3.05) is 17.3 Å². The maximum absolute atomic E-state index is 4.34. The molecule has 0 fully saturated rings. The molecule has 0 radical (unpaired) electrons. The fourth-order valence-corrected chi connectivity index (χ4v) is 1.74. The van der Waals surface area contributed by atoms with E-state index in [0.29, 0.717) is 12.0 Å². The Morgan fingerprint density at radius 1 is 1.21 bits per heavy atom. The van der Waals surface area contributed by atoms with Gasteiger partial charge in [0.15, 0.2) is 0 Å². The molecule has 100 valence electrons. The van der Waals surface area contributed by atoms with Gasteiger partial charge in [-0.05, 0) is 45.0 Å². The Morgan fingerprint density at radius 3 is 2.68 bits per heavy atom. The highest BCUT2D eigenvalue weighted by molar-refractivity contribution is 5.62. The van der Waals surface area contributed by atoms with Crippen LogP contribution in [0.1, 0.15) is 19.5 Å². The number of rotatable bonds is 4. The maximum Gasteiger partial charge on any atom is 0.227 e. The lowest BCUT2D eigenvalue weighted by Crippen LogP contribution is -2.25. The van der Waals surface area contributed by atoms with E-state index in [9.17, 15) is 0 Å². The van der Waals surface area contributed by atoms with Gasteiger partial charge in [0.2, 0.25) is 5.95 Å². The van der Waals surface area contributed by atoms with Crippen LogP contribution in [0.4, 0.5) is 17.3 Å². The molecule has 0 atom stereocenters. The SMILES string of the molecule is Cc1ccnc(Nc2cccc(N(C)C(C)C)c2)n1. The van der Waals surface area contributed by atoms with Crippen LogP contribution in [0.2, 0.25) is 0 Å². The fraction of sp³-hybridized carbons (Fsp3) is 0.333. The molecular weight excluding hydrogens is 236 g/mol. The summed E-state index contributed by atoms with van der Waals surface area (Å²) in [6.07, 6.45) is 1.76. The van der Waals surface area contributed by atoms with E-state index in [0.717, 1.165) is 11.4 Å². The molecule has 1 aromatic carbocycles. The van der Waals surface area contributed by atoms with Gasteiger partial charge in [0.25, 0.3) is 0 Å². The minimum absolute atomic E-state index is 0.463. The number of aromatic nitrogens is 2. The van der Waals surface area contributed by atoms with Crippen LogP contribution >= 0.6 is 0 Å². The molecule has 0 aliphatic rings. The molecule has 0 saturated carbocycles. The van der Waals surface area contributed by atoms with E-state index in [4.69, 9.17) is 0 Å². The molecule has 4 nitrogen and oxygen atoms in total. The summed E-state index contributed by atoms with van der Waals surface area (Å²) < 4.78 is 0. The molecule has 19 heavy (non-hydrogen) atoms. The van der Waals surface area contributed by atoms with Gasteiger partial charge in [0.1, 0.15) is 0 Å². The Balaban J connectivity index is 2.20. The molecule has 0 amide bonds. The second-order valence-electron chi connectivity index (χ2n) is 4.90. The lowest BCUT2D eigenvalue weighted by molar-refractivity contribution is 0.755. The average Bonchev–Trinajstić information content (AvgIpc) is 2.38. The van der Waals surface area contributed by atoms with Crippen molar-refractivity contribution in [3.63, 3.8) is 0 Å². The molecule has 1 heterocycles. The molecule has 0 aliphatic carbocycles. The van der Waals surface area contributed by atoms with Crippen molar-refractivity contribution in [1.82, 2.24) is 9.97 Å². The molecule has 0 bridgehead atoms. The quantitative estimate of drug-likeness (QED) is 0.910. The standard InChI is InChI=1S/C15H20N4/c1-11(2)19(4)14-7-5-6-13(10-14)18-15-16-9-8-12(3)17-15/h5-11H,1-4H3,(H,16,17,18). The third-order valence-electron chi connectivity index (χ3n) is 3.08. The molecule has 4 heteroatoms. The minimum Gasteiger partial charge on any atom is -0.372 e. The predicted octanol–water partition coefficient (Wildman–Crippen LogP) is 3.37. The first kappa shape index (κ1) is 13.3. The highest BCUT2D eigenvalue weighted by atomic mass is 15.1. The van der Waals surface area contributed by atoms with Crippen LogP contribution in [0.5, 0.6) is 0 Å². The zero-order chi connectivity index (χ0) is 13.8. The molecule has 2 rings (SSSR count). The van der Waals surface area contributed by atoms with E-state index in [1.54, 1.807) is 6.20 Å². The Morgan fingerprint density at radius 2 is 2.00 bits per heavy atom. The van der Waals surface area contributed by atoms with Gasteiger partial charge in [-0.3, -0.25) is 0 Å². The van der Waals surface area contributed by atoms with E-state index >= 15 is 0 Å². The topological polar surface area (TPSA) is 41.1 Å². The van der Waals surface area contributed by atoms with Crippen LogP contribution in [0.25, 0.3) is 0 Å². The van der Waals surface area contributed by atoms with Gasteiger partial charge in [0, 0.05) is 36.4 Å². The van der Waals surface area contributed by atoms with E-state index in [1.807, 2.05) is 25.1 Å². The van der Waals surface area contributed by atoms with Gasteiger partial charge >= 0.3 is 0 Å². The van der Waals surface area contributed by atoms with Crippen LogP contribution in [-0.2, 0) is 0 Å². The smallest absolute Gasteiger partial charge is 0.227 e. The van der Waals surface area contributed by atoms with E-state index in [2.05, 4.69) is 53.2 Å². The first-order valence-corrected chi connectivity index (χ1v) is 6.46. The predicted molar refractivity (Wildman–Crippen MR) is 80.0 cm³/mol. The largest absolute Gasteiger partial charge is 0.372 e. The Hall–Kier alpha value is -2.10. The third kappa shape index (κ3) is 3.44. The van der Waals surface area contributed by atoms with Gasteiger partial charge in [-0.25, -0.2) is 9.97 Å². The Labute approximate surface area is 114 Å². The second-order valence-corrected chi connectivity index (χ2v) is 4.90. The summed E-state index contributed by atoms with van der Waals surface area (Å²) in [5, 5.41) is 3.23. The van der Waals surface area contributed by atoms with Gasteiger partial charge in [0.05, 0.1) is 0 Å². The first-order valence-electron chi connectivity index (χ1n) is 6.46. The molecular formula is C15H20N4. The van der Waals surface area contributed by atoms with E-state index < -0.39 is 0 Å². The molecule has 0 unspecified atom stereocenters. The molecule has 1 N–H and O–H groups in total. The number of benzene rings is 1. The molecule has 1 aromatic heterocycles. The van der Waals surface area contributed by atoms with Crippen molar-refractivity contribution in [2.24, 2.45) is 0 Å². The summed E-state index contributed by atoms with van der Waals surface area (Å²) in [5.74, 6) is 0.629. The van der Waals surface area contributed by atoms with Crippen LogP contribution in [0, 0.1) is 6.92 Å². The lowest BCUT2D eigenvalue weighted by Gasteiger charge is -2.24. The second kappa shape index (κ2) is 5.69. The Kier molecular flexibility index (Phi) is 4.00. The van der Waals surface area contributed by atoms with Gasteiger partial charge in [-0.2, -0.15) is 0 Å².